The molecule has 1 aliphatic rings. The number of nitrogens with one attached hydrogen (secondary N) is 2. The lowest BCUT2D eigenvalue weighted by molar-refractivity contribution is -0.122. The van der Waals surface area contributed by atoms with Gasteiger partial charge in [-0.3, -0.25) is 9.59 Å². The second kappa shape index (κ2) is 6.64. The third-order valence-corrected chi connectivity index (χ3v) is 3.88. The number of halogens is 1. The van der Waals surface area contributed by atoms with Gasteiger partial charge in [0.1, 0.15) is 5.82 Å². The van der Waals surface area contributed by atoms with Crippen molar-refractivity contribution in [2.24, 2.45) is 5.92 Å². The molecule has 0 radical (unpaired) electrons. The molecule has 1 aliphatic carbocycles. The highest BCUT2D eigenvalue weighted by atomic mass is 19.1. The molecule has 120 valence electrons. The topological polar surface area (TPSA) is 71.3 Å². The van der Waals surface area contributed by atoms with Crippen LogP contribution in [0.1, 0.15) is 28.5 Å². The molecule has 6 heteroatoms. The van der Waals surface area contributed by atoms with Gasteiger partial charge in [-0.1, -0.05) is 12.1 Å². The minimum absolute atomic E-state index is 0.0356. The monoisotopic (exact) mass is 316 g/mol. The summed E-state index contributed by atoms with van der Waals surface area (Å²) in [7, 11) is 0. The molecule has 1 fully saturated rings. The van der Waals surface area contributed by atoms with Crippen LogP contribution in [-0.2, 0) is 4.79 Å². The van der Waals surface area contributed by atoms with Crippen molar-refractivity contribution < 1.29 is 18.4 Å². The Morgan fingerprint density at radius 1 is 1.13 bits per heavy atom. The number of carbonyl (C=O) groups is 2. The zero-order valence-corrected chi connectivity index (χ0v) is 12.4. The van der Waals surface area contributed by atoms with E-state index in [0.29, 0.717) is 13.1 Å². The molecule has 2 N–H and O–H groups in total. The molecule has 0 saturated heterocycles. The molecule has 1 saturated carbocycles. The molecule has 0 spiro atoms. The number of amides is 2. The van der Waals surface area contributed by atoms with Crippen LogP contribution in [0.5, 0.6) is 0 Å². The fraction of sp³-hybridized carbons (Fsp3) is 0.294. The lowest BCUT2D eigenvalue weighted by Gasteiger charge is -2.06. The quantitative estimate of drug-likeness (QED) is 0.802. The SMILES string of the molecule is O=C(NCCNC(=O)C1CC1c1ccc(F)cc1)c1ccco1. The van der Waals surface area contributed by atoms with Crippen molar-refractivity contribution in [3.05, 3.63) is 59.8 Å². The van der Waals surface area contributed by atoms with E-state index in [2.05, 4.69) is 10.6 Å². The number of rotatable bonds is 6. The smallest absolute Gasteiger partial charge is 0.287 e. The van der Waals surface area contributed by atoms with E-state index in [1.54, 1.807) is 24.3 Å². The Morgan fingerprint density at radius 2 is 1.87 bits per heavy atom. The molecule has 2 atom stereocenters. The van der Waals surface area contributed by atoms with Gasteiger partial charge in [-0.25, -0.2) is 4.39 Å². The maximum Gasteiger partial charge on any atom is 0.287 e. The average Bonchev–Trinajstić information content (AvgIpc) is 3.16. The summed E-state index contributed by atoms with van der Waals surface area (Å²) in [6.07, 6.45) is 2.20. The molecule has 0 aliphatic heterocycles. The first-order valence-electron chi connectivity index (χ1n) is 7.50. The molecule has 3 rings (SSSR count). The molecule has 2 amide bonds. The van der Waals surface area contributed by atoms with Gasteiger partial charge in [0, 0.05) is 19.0 Å². The lowest BCUT2D eigenvalue weighted by Crippen LogP contribution is -2.35. The summed E-state index contributed by atoms with van der Waals surface area (Å²) in [5.41, 5.74) is 0.984. The second-order valence-electron chi connectivity index (χ2n) is 5.52. The number of carbonyl (C=O) groups excluding carboxylic acids is 2. The van der Waals surface area contributed by atoms with Gasteiger partial charge in [0.15, 0.2) is 5.76 Å². The molecular formula is C17H17FN2O3. The van der Waals surface area contributed by atoms with Crippen molar-refractivity contribution in [2.75, 3.05) is 13.1 Å². The van der Waals surface area contributed by atoms with Gasteiger partial charge in [0.25, 0.3) is 5.91 Å². The summed E-state index contributed by atoms with van der Waals surface area (Å²) < 4.78 is 17.8. The third-order valence-electron chi connectivity index (χ3n) is 3.88. The van der Waals surface area contributed by atoms with E-state index in [4.69, 9.17) is 4.42 Å². The number of benzene rings is 1. The predicted octanol–water partition coefficient (Wildman–Crippen LogP) is 2.07. The van der Waals surface area contributed by atoms with Crippen molar-refractivity contribution in [2.45, 2.75) is 12.3 Å². The molecule has 23 heavy (non-hydrogen) atoms. The Balaban J connectivity index is 1.38. The van der Waals surface area contributed by atoms with Gasteiger partial charge in [-0.15, -0.1) is 0 Å². The zero-order chi connectivity index (χ0) is 16.2. The Hall–Kier alpha value is -2.63. The van der Waals surface area contributed by atoms with Gasteiger partial charge >= 0.3 is 0 Å². The van der Waals surface area contributed by atoms with E-state index in [1.165, 1.54) is 18.4 Å². The molecule has 0 bridgehead atoms. The third kappa shape index (κ3) is 3.77. The molecule has 1 aromatic heterocycles. The predicted molar refractivity (Wildman–Crippen MR) is 81.3 cm³/mol. The Morgan fingerprint density at radius 3 is 2.57 bits per heavy atom. The zero-order valence-electron chi connectivity index (χ0n) is 12.4. The van der Waals surface area contributed by atoms with Gasteiger partial charge in [0.05, 0.1) is 6.26 Å². The fourth-order valence-electron chi connectivity index (χ4n) is 2.55. The Kier molecular flexibility index (Phi) is 4.41. The van der Waals surface area contributed by atoms with Crippen molar-refractivity contribution in [3.8, 4) is 0 Å². The first kappa shape index (κ1) is 15.3. The number of furan rings is 1. The van der Waals surface area contributed by atoms with Crippen LogP contribution in [0, 0.1) is 11.7 Å². The van der Waals surface area contributed by atoms with E-state index in [-0.39, 0.29) is 35.2 Å². The van der Waals surface area contributed by atoms with E-state index in [1.807, 2.05) is 0 Å². The van der Waals surface area contributed by atoms with Crippen LogP contribution in [0.3, 0.4) is 0 Å². The van der Waals surface area contributed by atoms with Crippen LogP contribution in [0.2, 0.25) is 0 Å². The Bertz CT molecular complexity index is 682. The highest BCUT2D eigenvalue weighted by molar-refractivity contribution is 5.91. The summed E-state index contributed by atoms with van der Waals surface area (Å²) in [4.78, 5) is 23.6. The molecule has 2 aromatic rings. The summed E-state index contributed by atoms with van der Waals surface area (Å²) in [6, 6.07) is 9.47. The first-order chi connectivity index (χ1) is 11.1. The van der Waals surface area contributed by atoms with E-state index in [9.17, 15) is 14.0 Å². The maximum atomic E-state index is 12.9. The largest absolute Gasteiger partial charge is 0.459 e. The number of hydrogen-bond acceptors (Lipinski definition) is 3. The van der Waals surface area contributed by atoms with E-state index < -0.39 is 0 Å². The van der Waals surface area contributed by atoms with Gasteiger partial charge < -0.3 is 15.1 Å². The van der Waals surface area contributed by atoms with Crippen LogP contribution in [0.15, 0.2) is 47.1 Å². The summed E-state index contributed by atoms with van der Waals surface area (Å²) >= 11 is 0. The maximum absolute atomic E-state index is 12.9. The molecule has 2 unspecified atom stereocenters. The molecule has 5 nitrogen and oxygen atoms in total. The fourth-order valence-corrected chi connectivity index (χ4v) is 2.55. The summed E-state index contributed by atoms with van der Waals surface area (Å²) in [5, 5.41) is 5.46. The lowest BCUT2D eigenvalue weighted by atomic mass is 10.1. The molecule has 1 heterocycles. The minimum atomic E-state index is -0.306. The van der Waals surface area contributed by atoms with E-state index in [0.717, 1.165) is 12.0 Å². The Labute approximate surface area is 132 Å². The van der Waals surface area contributed by atoms with Crippen molar-refractivity contribution in [3.63, 3.8) is 0 Å². The molecular weight excluding hydrogens is 299 g/mol. The summed E-state index contributed by atoms with van der Waals surface area (Å²) in [5.74, 6) is -0.279. The second-order valence-corrected chi connectivity index (χ2v) is 5.52. The highest BCUT2D eigenvalue weighted by Crippen LogP contribution is 2.47. The van der Waals surface area contributed by atoms with Gasteiger partial charge in [-0.2, -0.15) is 0 Å². The van der Waals surface area contributed by atoms with Crippen LogP contribution >= 0.6 is 0 Å². The van der Waals surface area contributed by atoms with Crippen LogP contribution in [0.25, 0.3) is 0 Å². The van der Waals surface area contributed by atoms with Gasteiger partial charge in [-0.05, 0) is 42.2 Å². The summed E-state index contributed by atoms with van der Waals surface area (Å²) in [6.45, 7) is 0.692. The number of hydrogen-bond donors (Lipinski definition) is 2. The standard InChI is InChI=1S/C17H17FN2O3/c18-12-5-3-11(4-6-12)13-10-14(13)16(21)19-7-8-20-17(22)15-2-1-9-23-15/h1-6,9,13-14H,7-8,10H2,(H,19,21)(H,20,22). The van der Waals surface area contributed by atoms with Crippen LogP contribution in [-0.4, -0.2) is 24.9 Å². The minimum Gasteiger partial charge on any atom is -0.459 e. The van der Waals surface area contributed by atoms with Crippen molar-refractivity contribution in [1.29, 1.82) is 0 Å². The van der Waals surface area contributed by atoms with Crippen molar-refractivity contribution in [1.82, 2.24) is 10.6 Å². The van der Waals surface area contributed by atoms with Crippen LogP contribution < -0.4 is 10.6 Å². The van der Waals surface area contributed by atoms with Gasteiger partial charge in [0.2, 0.25) is 5.91 Å². The average molecular weight is 316 g/mol. The highest BCUT2D eigenvalue weighted by Gasteiger charge is 2.43. The van der Waals surface area contributed by atoms with E-state index >= 15 is 0 Å². The van der Waals surface area contributed by atoms with Crippen molar-refractivity contribution >= 4 is 11.8 Å². The first-order valence-corrected chi connectivity index (χ1v) is 7.50. The van der Waals surface area contributed by atoms with Crippen LogP contribution in [0.4, 0.5) is 4.39 Å². The molecule has 1 aromatic carbocycles. The normalized spacial score (nSPS) is 19.2.